The first-order chi connectivity index (χ1) is 6.76. The van der Waals surface area contributed by atoms with Gasteiger partial charge in [-0.05, 0) is 37.3 Å². The van der Waals surface area contributed by atoms with Crippen LogP contribution in [0.4, 0.5) is 0 Å². The molecule has 2 heteroatoms. The number of hydrogen-bond donors (Lipinski definition) is 1. The zero-order chi connectivity index (χ0) is 12.1. The minimum atomic E-state index is 0.303. The molecule has 0 aromatic carbocycles. The Kier molecular flexibility index (Phi) is 6.46. The summed E-state index contributed by atoms with van der Waals surface area (Å²) in [6, 6.07) is 0. The molecule has 0 saturated carbocycles. The van der Waals surface area contributed by atoms with Gasteiger partial charge in [0.05, 0.1) is 0 Å². The Morgan fingerprint density at radius 3 is 2.07 bits per heavy atom. The number of aliphatic hydroxyl groups excluding tert-OH is 1. The summed E-state index contributed by atoms with van der Waals surface area (Å²) in [5.41, 5.74) is 0.404. The highest BCUT2D eigenvalue weighted by atomic mass is 16.3. The Morgan fingerprint density at radius 1 is 1.20 bits per heavy atom. The van der Waals surface area contributed by atoms with E-state index < -0.39 is 0 Å². The van der Waals surface area contributed by atoms with E-state index >= 15 is 0 Å². The highest BCUT2D eigenvalue weighted by molar-refractivity contribution is 4.69. The molecule has 92 valence electrons. The fourth-order valence-corrected chi connectivity index (χ4v) is 1.50. The predicted molar refractivity (Wildman–Crippen MR) is 67.0 cm³/mol. The fraction of sp³-hybridized carbons (Fsp3) is 1.00. The van der Waals surface area contributed by atoms with Crippen LogP contribution in [0.15, 0.2) is 0 Å². The van der Waals surface area contributed by atoms with Gasteiger partial charge >= 0.3 is 0 Å². The SMILES string of the molecule is CC(C)C(CO)CN(C)CCC(C)(C)C. The lowest BCUT2D eigenvalue weighted by molar-refractivity contribution is 0.139. The largest absolute Gasteiger partial charge is 0.396 e. The molecule has 0 rings (SSSR count). The van der Waals surface area contributed by atoms with Crippen molar-refractivity contribution in [2.75, 3.05) is 26.7 Å². The lowest BCUT2D eigenvalue weighted by Crippen LogP contribution is -2.32. The molecule has 1 N–H and O–H groups in total. The molecule has 1 unspecified atom stereocenters. The van der Waals surface area contributed by atoms with E-state index in [2.05, 4.69) is 46.6 Å². The van der Waals surface area contributed by atoms with Crippen LogP contribution in [0, 0.1) is 17.3 Å². The quantitative estimate of drug-likeness (QED) is 0.736. The molecule has 0 heterocycles. The van der Waals surface area contributed by atoms with Crippen LogP contribution >= 0.6 is 0 Å². The van der Waals surface area contributed by atoms with Gasteiger partial charge in [0.2, 0.25) is 0 Å². The van der Waals surface area contributed by atoms with Gasteiger partial charge in [-0.3, -0.25) is 0 Å². The van der Waals surface area contributed by atoms with Gasteiger partial charge < -0.3 is 10.0 Å². The maximum Gasteiger partial charge on any atom is 0.0473 e. The van der Waals surface area contributed by atoms with Crippen LogP contribution in [0.1, 0.15) is 41.0 Å². The first-order valence-electron chi connectivity index (χ1n) is 6.05. The summed E-state index contributed by atoms with van der Waals surface area (Å²) in [5.74, 6) is 0.974. The summed E-state index contributed by atoms with van der Waals surface area (Å²) in [7, 11) is 2.15. The highest BCUT2D eigenvalue weighted by Gasteiger charge is 2.16. The molecule has 1 atom stereocenters. The normalized spacial score (nSPS) is 15.0. The second-order valence-corrected chi connectivity index (χ2v) is 6.26. The van der Waals surface area contributed by atoms with Crippen molar-refractivity contribution in [2.45, 2.75) is 41.0 Å². The molecule has 2 nitrogen and oxygen atoms in total. The van der Waals surface area contributed by atoms with E-state index in [1.165, 1.54) is 6.42 Å². The molecule has 0 spiro atoms. The third kappa shape index (κ3) is 7.80. The summed E-state index contributed by atoms with van der Waals surface area (Å²) in [6.07, 6.45) is 1.21. The third-order valence-electron chi connectivity index (χ3n) is 2.97. The Labute approximate surface area is 95.7 Å². The molecule has 0 saturated heterocycles. The Balaban J connectivity index is 3.86. The van der Waals surface area contributed by atoms with Crippen molar-refractivity contribution in [2.24, 2.45) is 17.3 Å². The monoisotopic (exact) mass is 215 g/mol. The van der Waals surface area contributed by atoms with Gasteiger partial charge in [0.1, 0.15) is 0 Å². The van der Waals surface area contributed by atoms with Crippen molar-refractivity contribution >= 4 is 0 Å². The van der Waals surface area contributed by atoms with Crippen LogP contribution in [0.25, 0.3) is 0 Å². The zero-order valence-electron chi connectivity index (χ0n) is 11.4. The van der Waals surface area contributed by atoms with Gasteiger partial charge in [0, 0.05) is 13.2 Å². The molecule has 15 heavy (non-hydrogen) atoms. The number of aliphatic hydroxyl groups is 1. The first kappa shape index (κ1) is 14.9. The minimum absolute atomic E-state index is 0.303. The predicted octanol–water partition coefficient (Wildman–Crippen LogP) is 2.62. The third-order valence-corrected chi connectivity index (χ3v) is 2.97. The van der Waals surface area contributed by atoms with Crippen LogP contribution in [-0.4, -0.2) is 36.8 Å². The van der Waals surface area contributed by atoms with E-state index in [-0.39, 0.29) is 0 Å². The molecule has 0 radical (unpaired) electrons. The van der Waals surface area contributed by atoms with Crippen LogP contribution in [0.3, 0.4) is 0 Å². The van der Waals surface area contributed by atoms with E-state index in [4.69, 9.17) is 0 Å². The van der Waals surface area contributed by atoms with E-state index in [1.807, 2.05) is 0 Å². The van der Waals surface area contributed by atoms with Crippen LogP contribution < -0.4 is 0 Å². The summed E-state index contributed by atoms with van der Waals surface area (Å²) in [6.45, 7) is 13.6. The average Bonchev–Trinajstić information content (AvgIpc) is 2.09. The first-order valence-corrected chi connectivity index (χ1v) is 6.05. The van der Waals surface area contributed by atoms with Gasteiger partial charge in [0.15, 0.2) is 0 Å². The lowest BCUT2D eigenvalue weighted by atomic mass is 9.91. The van der Waals surface area contributed by atoms with Gasteiger partial charge in [-0.15, -0.1) is 0 Å². The smallest absolute Gasteiger partial charge is 0.0473 e. The molecule has 0 aliphatic carbocycles. The second kappa shape index (κ2) is 6.49. The minimum Gasteiger partial charge on any atom is -0.396 e. The zero-order valence-corrected chi connectivity index (χ0v) is 11.4. The Bertz CT molecular complexity index is 160. The van der Waals surface area contributed by atoms with Crippen molar-refractivity contribution < 1.29 is 5.11 Å². The van der Waals surface area contributed by atoms with E-state index in [0.29, 0.717) is 23.9 Å². The Morgan fingerprint density at radius 2 is 1.73 bits per heavy atom. The van der Waals surface area contributed by atoms with Crippen molar-refractivity contribution in [3.05, 3.63) is 0 Å². The van der Waals surface area contributed by atoms with Crippen LogP contribution in [0.2, 0.25) is 0 Å². The standard InChI is InChI=1S/C13H29NO/c1-11(2)12(10-15)9-14(6)8-7-13(3,4)5/h11-12,15H,7-10H2,1-6H3. The van der Waals surface area contributed by atoms with Crippen molar-refractivity contribution in [3.8, 4) is 0 Å². The lowest BCUT2D eigenvalue weighted by Gasteiger charge is -2.28. The summed E-state index contributed by atoms with van der Waals surface area (Å²) in [5, 5.41) is 9.25. The second-order valence-electron chi connectivity index (χ2n) is 6.26. The van der Waals surface area contributed by atoms with Crippen molar-refractivity contribution in [3.63, 3.8) is 0 Å². The molecule has 0 fully saturated rings. The molecule has 0 amide bonds. The number of hydrogen-bond acceptors (Lipinski definition) is 2. The van der Waals surface area contributed by atoms with E-state index in [9.17, 15) is 5.11 Å². The van der Waals surface area contributed by atoms with Gasteiger partial charge in [-0.25, -0.2) is 0 Å². The number of nitrogens with zero attached hydrogens (tertiary/aromatic N) is 1. The molecule has 0 aromatic heterocycles. The van der Waals surface area contributed by atoms with Crippen LogP contribution in [0.5, 0.6) is 0 Å². The maximum absolute atomic E-state index is 9.25. The number of rotatable bonds is 6. The summed E-state index contributed by atoms with van der Waals surface area (Å²) < 4.78 is 0. The molecule has 0 aliphatic heterocycles. The topological polar surface area (TPSA) is 23.5 Å². The molecule has 0 aliphatic rings. The average molecular weight is 215 g/mol. The van der Waals surface area contributed by atoms with E-state index in [0.717, 1.165) is 13.1 Å². The molecular weight excluding hydrogens is 186 g/mol. The molecule has 0 aromatic rings. The summed E-state index contributed by atoms with van der Waals surface area (Å²) in [4.78, 5) is 2.34. The molecular formula is C13H29NO. The highest BCUT2D eigenvalue weighted by Crippen LogP contribution is 2.19. The van der Waals surface area contributed by atoms with E-state index in [1.54, 1.807) is 0 Å². The maximum atomic E-state index is 9.25. The van der Waals surface area contributed by atoms with Crippen LogP contribution in [-0.2, 0) is 0 Å². The van der Waals surface area contributed by atoms with Gasteiger partial charge in [0.25, 0.3) is 0 Å². The van der Waals surface area contributed by atoms with Crippen molar-refractivity contribution in [1.82, 2.24) is 4.90 Å². The summed E-state index contributed by atoms with van der Waals surface area (Å²) >= 11 is 0. The van der Waals surface area contributed by atoms with Gasteiger partial charge in [-0.1, -0.05) is 34.6 Å². The van der Waals surface area contributed by atoms with Gasteiger partial charge in [-0.2, -0.15) is 0 Å². The van der Waals surface area contributed by atoms with Crippen molar-refractivity contribution in [1.29, 1.82) is 0 Å². The Hall–Kier alpha value is -0.0800. The fourth-order valence-electron chi connectivity index (χ4n) is 1.50. The molecule has 0 bridgehead atoms.